The van der Waals surface area contributed by atoms with E-state index in [0.717, 1.165) is 5.56 Å². The predicted molar refractivity (Wildman–Crippen MR) is 99.7 cm³/mol. The normalized spacial score (nSPS) is 10.1. The van der Waals surface area contributed by atoms with Crippen molar-refractivity contribution in [3.63, 3.8) is 0 Å². The van der Waals surface area contributed by atoms with Crippen LogP contribution in [0.25, 0.3) is 0 Å². The zero-order valence-corrected chi connectivity index (χ0v) is 15.0. The molecule has 0 radical (unpaired) electrons. The number of nitrogens with zero attached hydrogens (tertiary/aromatic N) is 1. The maximum absolute atomic E-state index is 12.2. The van der Waals surface area contributed by atoms with Gasteiger partial charge in [0, 0.05) is 44.7 Å². The highest BCUT2D eigenvalue weighted by Crippen LogP contribution is 2.08. The van der Waals surface area contributed by atoms with Gasteiger partial charge in [-0.25, -0.2) is 0 Å². The molecule has 6 heteroatoms. The van der Waals surface area contributed by atoms with Crippen molar-refractivity contribution >= 4 is 17.7 Å². The Labute approximate surface area is 153 Å². The van der Waals surface area contributed by atoms with Crippen molar-refractivity contribution in [3.8, 4) is 0 Å². The molecule has 0 unspecified atom stereocenters. The molecule has 2 N–H and O–H groups in total. The topological polar surface area (TPSA) is 78.5 Å². The SMILES string of the molecule is CNC(=O)c1ccc(CN(C)C(=O)CCNC(=O)c2ccccc2)cc1. The minimum absolute atomic E-state index is 0.0614. The number of amides is 3. The van der Waals surface area contributed by atoms with Gasteiger partial charge in [-0.3, -0.25) is 14.4 Å². The van der Waals surface area contributed by atoms with Crippen LogP contribution in [0.1, 0.15) is 32.7 Å². The first-order valence-corrected chi connectivity index (χ1v) is 8.39. The highest BCUT2D eigenvalue weighted by Gasteiger charge is 2.11. The molecule has 2 rings (SSSR count). The van der Waals surface area contributed by atoms with Crippen LogP contribution in [0.15, 0.2) is 54.6 Å². The summed E-state index contributed by atoms with van der Waals surface area (Å²) in [5.74, 6) is -0.394. The van der Waals surface area contributed by atoms with Gasteiger partial charge >= 0.3 is 0 Å². The van der Waals surface area contributed by atoms with Crippen LogP contribution in [0.3, 0.4) is 0 Å². The van der Waals surface area contributed by atoms with Gasteiger partial charge in [0.25, 0.3) is 11.8 Å². The van der Waals surface area contributed by atoms with Gasteiger partial charge in [-0.1, -0.05) is 30.3 Å². The molecule has 2 aromatic rings. The molecular formula is C20H23N3O3. The summed E-state index contributed by atoms with van der Waals surface area (Å²) in [7, 11) is 3.30. The number of nitrogens with one attached hydrogen (secondary N) is 2. The average Bonchev–Trinajstić information content (AvgIpc) is 2.68. The van der Waals surface area contributed by atoms with E-state index < -0.39 is 0 Å². The minimum atomic E-state index is -0.189. The molecule has 0 atom stereocenters. The second kappa shape index (κ2) is 9.36. The lowest BCUT2D eigenvalue weighted by Gasteiger charge is -2.17. The first kappa shape index (κ1) is 19.2. The quantitative estimate of drug-likeness (QED) is 0.797. The van der Waals surface area contributed by atoms with E-state index in [9.17, 15) is 14.4 Å². The van der Waals surface area contributed by atoms with Crippen LogP contribution in [0.5, 0.6) is 0 Å². The van der Waals surface area contributed by atoms with Crippen LogP contribution in [-0.4, -0.2) is 43.3 Å². The van der Waals surface area contributed by atoms with Crippen molar-refractivity contribution in [2.45, 2.75) is 13.0 Å². The molecule has 0 aliphatic rings. The molecule has 0 saturated carbocycles. The van der Waals surface area contributed by atoms with E-state index in [2.05, 4.69) is 10.6 Å². The predicted octanol–water partition coefficient (Wildman–Crippen LogP) is 1.82. The fourth-order valence-electron chi connectivity index (χ4n) is 2.43. The lowest BCUT2D eigenvalue weighted by atomic mass is 10.1. The third-order valence-corrected chi connectivity index (χ3v) is 3.95. The zero-order chi connectivity index (χ0) is 18.9. The van der Waals surface area contributed by atoms with Crippen molar-refractivity contribution in [2.75, 3.05) is 20.6 Å². The molecule has 0 aliphatic carbocycles. The number of hydrogen-bond donors (Lipinski definition) is 2. The van der Waals surface area contributed by atoms with Crippen LogP contribution in [0, 0.1) is 0 Å². The van der Waals surface area contributed by atoms with Crippen molar-refractivity contribution in [1.82, 2.24) is 15.5 Å². The first-order valence-electron chi connectivity index (χ1n) is 8.39. The fraction of sp³-hybridized carbons (Fsp3) is 0.250. The molecule has 0 aromatic heterocycles. The van der Waals surface area contributed by atoms with Crippen LogP contribution in [0.4, 0.5) is 0 Å². The molecular weight excluding hydrogens is 330 g/mol. The van der Waals surface area contributed by atoms with Gasteiger partial charge in [0.15, 0.2) is 0 Å². The number of hydrogen-bond acceptors (Lipinski definition) is 3. The first-order chi connectivity index (χ1) is 12.5. The molecule has 3 amide bonds. The van der Waals surface area contributed by atoms with E-state index in [1.165, 1.54) is 0 Å². The van der Waals surface area contributed by atoms with Crippen LogP contribution in [-0.2, 0) is 11.3 Å². The number of benzene rings is 2. The Kier molecular flexibility index (Phi) is 6.91. The summed E-state index contributed by atoms with van der Waals surface area (Å²) in [6.45, 7) is 0.728. The molecule has 0 heterocycles. The Morgan fingerprint density at radius 3 is 2.12 bits per heavy atom. The number of carbonyl (C=O) groups excluding carboxylic acids is 3. The maximum atomic E-state index is 12.2. The van der Waals surface area contributed by atoms with Gasteiger partial charge in [0.05, 0.1) is 0 Å². The lowest BCUT2D eigenvalue weighted by Crippen LogP contribution is -2.31. The highest BCUT2D eigenvalue weighted by molar-refractivity contribution is 5.94. The van der Waals surface area contributed by atoms with Crippen molar-refractivity contribution in [1.29, 1.82) is 0 Å². The van der Waals surface area contributed by atoms with Gasteiger partial charge in [0.1, 0.15) is 0 Å². The van der Waals surface area contributed by atoms with Gasteiger partial charge in [-0.05, 0) is 29.8 Å². The van der Waals surface area contributed by atoms with Gasteiger partial charge in [-0.2, -0.15) is 0 Å². The smallest absolute Gasteiger partial charge is 0.251 e. The summed E-state index contributed by atoms with van der Waals surface area (Å²) in [6, 6.07) is 16.0. The molecule has 0 saturated heterocycles. The van der Waals surface area contributed by atoms with E-state index in [1.54, 1.807) is 55.4 Å². The Morgan fingerprint density at radius 2 is 1.50 bits per heavy atom. The monoisotopic (exact) mass is 353 g/mol. The van der Waals surface area contributed by atoms with E-state index in [0.29, 0.717) is 17.7 Å². The molecule has 26 heavy (non-hydrogen) atoms. The molecule has 6 nitrogen and oxygen atoms in total. The van der Waals surface area contributed by atoms with Gasteiger partial charge in [-0.15, -0.1) is 0 Å². The largest absolute Gasteiger partial charge is 0.355 e. The Bertz CT molecular complexity index is 758. The Hall–Kier alpha value is -3.15. The Balaban J connectivity index is 1.78. The van der Waals surface area contributed by atoms with Gasteiger partial charge < -0.3 is 15.5 Å². The average molecular weight is 353 g/mol. The van der Waals surface area contributed by atoms with Crippen LogP contribution < -0.4 is 10.6 Å². The molecule has 0 bridgehead atoms. The second-order valence-corrected chi connectivity index (χ2v) is 5.90. The summed E-state index contributed by atoms with van der Waals surface area (Å²) in [4.78, 5) is 37.2. The molecule has 2 aromatic carbocycles. The molecule has 0 aliphatic heterocycles. The summed E-state index contributed by atoms with van der Waals surface area (Å²) in [6.07, 6.45) is 0.228. The van der Waals surface area contributed by atoms with Crippen LogP contribution in [0.2, 0.25) is 0 Å². The second-order valence-electron chi connectivity index (χ2n) is 5.90. The van der Waals surface area contributed by atoms with E-state index in [4.69, 9.17) is 0 Å². The summed E-state index contributed by atoms with van der Waals surface area (Å²) >= 11 is 0. The van der Waals surface area contributed by atoms with E-state index in [1.807, 2.05) is 18.2 Å². The summed E-state index contributed by atoms with van der Waals surface area (Å²) in [5, 5.41) is 5.31. The van der Waals surface area contributed by atoms with E-state index in [-0.39, 0.29) is 30.7 Å². The van der Waals surface area contributed by atoms with Gasteiger partial charge in [0.2, 0.25) is 5.91 Å². The summed E-state index contributed by atoms with van der Waals surface area (Å²) < 4.78 is 0. The maximum Gasteiger partial charge on any atom is 0.251 e. The fourth-order valence-corrected chi connectivity index (χ4v) is 2.43. The molecule has 0 fully saturated rings. The molecule has 0 spiro atoms. The van der Waals surface area contributed by atoms with Crippen molar-refractivity contribution < 1.29 is 14.4 Å². The standard InChI is InChI=1S/C20H23N3O3/c1-21-19(25)17-10-8-15(9-11-17)14-23(2)18(24)12-13-22-20(26)16-6-4-3-5-7-16/h3-11H,12-14H2,1-2H3,(H,21,25)(H,22,26). The van der Waals surface area contributed by atoms with Crippen molar-refractivity contribution in [3.05, 3.63) is 71.3 Å². The number of carbonyl (C=O) groups is 3. The minimum Gasteiger partial charge on any atom is -0.355 e. The zero-order valence-electron chi connectivity index (χ0n) is 15.0. The highest BCUT2D eigenvalue weighted by atomic mass is 16.2. The van der Waals surface area contributed by atoms with Crippen LogP contribution >= 0.6 is 0 Å². The Morgan fingerprint density at radius 1 is 0.885 bits per heavy atom. The van der Waals surface area contributed by atoms with E-state index >= 15 is 0 Å². The van der Waals surface area contributed by atoms with Crippen molar-refractivity contribution in [2.24, 2.45) is 0 Å². The number of rotatable bonds is 7. The third kappa shape index (κ3) is 5.44. The lowest BCUT2D eigenvalue weighted by molar-refractivity contribution is -0.130. The molecule has 136 valence electrons. The summed E-state index contributed by atoms with van der Waals surface area (Å²) in [5.41, 5.74) is 2.08. The third-order valence-electron chi connectivity index (χ3n) is 3.95.